The van der Waals surface area contributed by atoms with Gasteiger partial charge in [-0.2, -0.15) is 0 Å². The molecule has 0 spiro atoms. The Balaban J connectivity index is 1.55. The minimum atomic E-state index is -3.43. The highest BCUT2D eigenvalue weighted by molar-refractivity contribution is 8.15. The number of anilines is 1. The maximum atomic E-state index is 12.8. The molecule has 0 fully saturated rings. The van der Waals surface area contributed by atoms with Crippen molar-refractivity contribution in [3.63, 3.8) is 0 Å². The van der Waals surface area contributed by atoms with Gasteiger partial charge in [-0.15, -0.1) is 15.7 Å². The van der Waals surface area contributed by atoms with Gasteiger partial charge in [0.25, 0.3) is 15.9 Å². The molecule has 8 nitrogen and oxygen atoms in total. The molecule has 2 aromatic rings. The lowest BCUT2D eigenvalue weighted by atomic mass is 10.1. The molecule has 11 heteroatoms. The molecule has 29 heavy (non-hydrogen) atoms. The fourth-order valence-electron chi connectivity index (χ4n) is 3.08. The van der Waals surface area contributed by atoms with Crippen molar-refractivity contribution in [3.8, 4) is 0 Å². The van der Waals surface area contributed by atoms with E-state index in [1.54, 1.807) is 18.2 Å². The third-order valence-corrected chi connectivity index (χ3v) is 7.82. The minimum Gasteiger partial charge on any atom is -0.469 e. The zero-order chi connectivity index (χ0) is 20.6. The summed E-state index contributed by atoms with van der Waals surface area (Å²) in [5.74, 6) is -0.770. The first-order chi connectivity index (χ1) is 13.9. The molecular weight excluding hydrogens is 434 g/mol. The van der Waals surface area contributed by atoms with Gasteiger partial charge in [0.2, 0.25) is 0 Å². The summed E-state index contributed by atoms with van der Waals surface area (Å²) in [5.41, 5.74) is 1.26. The number of ether oxygens (including phenoxy) is 1. The lowest BCUT2D eigenvalue weighted by molar-refractivity contribution is -0.141. The van der Waals surface area contributed by atoms with Gasteiger partial charge in [-0.25, -0.2) is 8.42 Å². The number of esters is 1. The van der Waals surface area contributed by atoms with Crippen molar-refractivity contribution in [2.45, 2.75) is 17.4 Å². The van der Waals surface area contributed by atoms with E-state index in [4.69, 9.17) is 4.74 Å². The quantitative estimate of drug-likeness (QED) is 0.696. The number of hydrogen-bond donors (Lipinski definition) is 1. The van der Waals surface area contributed by atoms with E-state index in [0.29, 0.717) is 17.3 Å². The van der Waals surface area contributed by atoms with Crippen LogP contribution in [0.4, 0.5) is 5.69 Å². The molecule has 0 saturated carbocycles. The molecule has 0 bridgehead atoms. The number of hydrogen-bond acceptors (Lipinski definition) is 8. The summed E-state index contributed by atoms with van der Waals surface area (Å²) in [6.45, 7) is 0.340. The van der Waals surface area contributed by atoms with E-state index < -0.39 is 22.0 Å². The molecule has 1 atom stereocenters. The number of nitrogens with one attached hydrogen (secondary N) is 1. The highest BCUT2D eigenvalue weighted by Gasteiger charge is 2.33. The van der Waals surface area contributed by atoms with Gasteiger partial charge in [-0.1, -0.05) is 6.07 Å². The van der Waals surface area contributed by atoms with E-state index in [-0.39, 0.29) is 18.1 Å². The molecule has 152 valence electrons. The SMILES string of the molecule is COC(=O)CC(NC(=O)c1ccc2c(c1)SC1=NS(=O)(=O)CCN12)c1cccs1. The van der Waals surface area contributed by atoms with Gasteiger partial charge in [0, 0.05) is 21.9 Å². The summed E-state index contributed by atoms with van der Waals surface area (Å²) < 4.78 is 32.0. The van der Waals surface area contributed by atoms with Crippen molar-refractivity contribution < 1.29 is 22.7 Å². The molecule has 2 aliphatic rings. The molecule has 2 aliphatic heterocycles. The van der Waals surface area contributed by atoms with E-state index in [1.807, 2.05) is 22.4 Å². The molecule has 1 aromatic carbocycles. The van der Waals surface area contributed by atoms with Gasteiger partial charge in [0.05, 0.1) is 31.0 Å². The van der Waals surface area contributed by atoms with Crippen LogP contribution in [0.15, 0.2) is 45.0 Å². The van der Waals surface area contributed by atoms with Crippen molar-refractivity contribution in [2.24, 2.45) is 4.40 Å². The Hall–Kier alpha value is -2.37. The van der Waals surface area contributed by atoms with E-state index in [9.17, 15) is 18.0 Å². The number of amides is 1. The topological polar surface area (TPSA) is 105 Å². The number of fused-ring (bicyclic) bond motifs is 3. The largest absolute Gasteiger partial charge is 0.469 e. The smallest absolute Gasteiger partial charge is 0.307 e. The first kappa shape index (κ1) is 19.9. The van der Waals surface area contributed by atoms with Crippen LogP contribution in [0, 0.1) is 0 Å². The lowest BCUT2D eigenvalue weighted by Crippen LogP contribution is -2.35. The average Bonchev–Trinajstić information content (AvgIpc) is 3.33. The van der Waals surface area contributed by atoms with Crippen molar-refractivity contribution in [1.82, 2.24) is 5.32 Å². The Morgan fingerprint density at radius 1 is 1.34 bits per heavy atom. The van der Waals surface area contributed by atoms with Crippen molar-refractivity contribution >= 4 is 55.9 Å². The van der Waals surface area contributed by atoms with E-state index in [1.165, 1.54) is 30.2 Å². The number of benzene rings is 1. The number of nitrogens with zero attached hydrogens (tertiary/aromatic N) is 2. The van der Waals surface area contributed by atoms with Crippen LogP contribution < -0.4 is 10.2 Å². The first-order valence-corrected chi connectivity index (χ1v) is 12.0. The third kappa shape index (κ3) is 4.16. The lowest BCUT2D eigenvalue weighted by Gasteiger charge is -2.22. The number of methoxy groups -OCH3 is 1. The molecule has 3 heterocycles. The zero-order valence-electron chi connectivity index (χ0n) is 15.3. The number of rotatable bonds is 5. The summed E-state index contributed by atoms with van der Waals surface area (Å²) >= 11 is 2.68. The fraction of sp³-hybridized carbons (Fsp3) is 0.278. The molecule has 4 rings (SSSR count). The molecule has 0 radical (unpaired) electrons. The average molecular weight is 452 g/mol. The maximum absolute atomic E-state index is 12.8. The van der Waals surface area contributed by atoms with Crippen LogP contribution in [0.2, 0.25) is 0 Å². The van der Waals surface area contributed by atoms with Gasteiger partial charge < -0.3 is 15.0 Å². The van der Waals surface area contributed by atoms with Crippen LogP contribution in [-0.2, 0) is 19.6 Å². The third-order valence-electron chi connectivity index (χ3n) is 4.53. The Labute approximate surface area is 176 Å². The van der Waals surface area contributed by atoms with Crippen LogP contribution in [0.5, 0.6) is 0 Å². The minimum absolute atomic E-state index is 0.0326. The second kappa shape index (κ2) is 7.81. The summed E-state index contributed by atoms with van der Waals surface area (Å²) in [4.78, 5) is 28.0. The Morgan fingerprint density at radius 2 is 2.17 bits per heavy atom. The van der Waals surface area contributed by atoms with Gasteiger partial charge in [-0.05, 0) is 41.4 Å². The maximum Gasteiger partial charge on any atom is 0.307 e. The molecule has 1 unspecified atom stereocenters. The highest BCUT2D eigenvalue weighted by Crippen LogP contribution is 2.42. The predicted molar refractivity (Wildman–Crippen MR) is 112 cm³/mol. The summed E-state index contributed by atoms with van der Waals surface area (Å²) in [6.07, 6.45) is 0.0326. The van der Waals surface area contributed by atoms with Gasteiger partial charge >= 0.3 is 5.97 Å². The number of carbonyl (C=O) groups is 2. The number of thiophene rings is 1. The summed E-state index contributed by atoms with van der Waals surface area (Å²) in [7, 11) is -2.12. The molecule has 0 aliphatic carbocycles. The molecular formula is C18H17N3O5S3. The van der Waals surface area contributed by atoms with Crippen molar-refractivity contribution in [1.29, 1.82) is 0 Å². The second-order valence-electron chi connectivity index (χ2n) is 6.42. The van der Waals surface area contributed by atoms with Crippen LogP contribution in [-0.4, -0.2) is 44.9 Å². The van der Waals surface area contributed by atoms with Crippen molar-refractivity contribution in [3.05, 3.63) is 46.2 Å². The first-order valence-electron chi connectivity index (χ1n) is 8.69. The predicted octanol–water partition coefficient (Wildman–Crippen LogP) is 2.39. The molecule has 1 N–H and O–H groups in total. The monoisotopic (exact) mass is 451 g/mol. The standard InChI is InChI=1S/C18H17N3O5S3/c1-26-16(22)10-12(14-3-2-7-27-14)19-17(23)11-4-5-13-15(9-11)28-18-20-29(24,25)8-6-21(13)18/h2-5,7,9,12H,6,8,10H2,1H3,(H,19,23). The number of amidine groups is 1. The Morgan fingerprint density at radius 3 is 2.90 bits per heavy atom. The van der Waals surface area contributed by atoms with Crippen LogP contribution in [0.1, 0.15) is 27.7 Å². The van der Waals surface area contributed by atoms with Crippen LogP contribution in [0.25, 0.3) is 0 Å². The summed E-state index contributed by atoms with van der Waals surface area (Å²) in [6, 6.07) is 8.41. The second-order valence-corrected chi connectivity index (χ2v) is 10.2. The van der Waals surface area contributed by atoms with Gasteiger partial charge in [0.15, 0.2) is 5.17 Å². The van der Waals surface area contributed by atoms with E-state index in [2.05, 4.69) is 9.71 Å². The number of thioether (sulfide) groups is 1. The van der Waals surface area contributed by atoms with Crippen LogP contribution >= 0.6 is 23.1 Å². The number of sulfonamides is 1. The fourth-order valence-corrected chi connectivity index (χ4v) is 6.15. The van der Waals surface area contributed by atoms with Crippen LogP contribution in [0.3, 0.4) is 0 Å². The van der Waals surface area contributed by atoms with Crippen molar-refractivity contribution in [2.75, 3.05) is 24.3 Å². The highest BCUT2D eigenvalue weighted by atomic mass is 32.2. The molecule has 0 saturated heterocycles. The normalized spacial score (nSPS) is 17.7. The number of carbonyl (C=O) groups excluding carboxylic acids is 2. The summed E-state index contributed by atoms with van der Waals surface area (Å²) in [5, 5.41) is 5.18. The van der Waals surface area contributed by atoms with Gasteiger partial charge in [-0.3, -0.25) is 9.59 Å². The Bertz CT molecular complexity index is 1100. The van der Waals surface area contributed by atoms with E-state index in [0.717, 1.165) is 15.5 Å². The van der Waals surface area contributed by atoms with Gasteiger partial charge in [0.1, 0.15) is 0 Å². The molecule has 1 amide bonds. The molecule has 1 aromatic heterocycles. The van der Waals surface area contributed by atoms with E-state index >= 15 is 0 Å². The Kier molecular flexibility index (Phi) is 5.36. The zero-order valence-corrected chi connectivity index (χ0v) is 17.8.